The van der Waals surface area contributed by atoms with Crippen molar-refractivity contribution < 1.29 is 18.7 Å². The van der Waals surface area contributed by atoms with Crippen LogP contribution in [-0.4, -0.2) is 41.6 Å². The summed E-state index contributed by atoms with van der Waals surface area (Å²) in [6, 6.07) is 7.54. The van der Waals surface area contributed by atoms with E-state index in [9.17, 15) is 9.59 Å². The summed E-state index contributed by atoms with van der Waals surface area (Å²) in [6.45, 7) is 6.70. The highest BCUT2D eigenvalue weighted by Gasteiger charge is 2.28. The fraction of sp³-hybridized carbons (Fsp3) is 0.500. The Morgan fingerprint density at radius 3 is 2.88 bits per heavy atom. The number of piperidine rings is 1. The Hall–Kier alpha value is -2.50. The number of nitrogens with zero attached hydrogens (tertiary/aromatic N) is 1. The molecule has 6 heteroatoms. The van der Waals surface area contributed by atoms with E-state index in [1.165, 1.54) is 0 Å². The molecular weight excluding hydrogens is 332 g/mol. The van der Waals surface area contributed by atoms with E-state index in [-0.39, 0.29) is 18.0 Å². The first-order valence-corrected chi connectivity index (χ1v) is 9.04. The second kappa shape index (κ2) is 7.40. The largest absolute Gasteiger partial charge is 0.464 e. The molecule has 1 aromatic heterocycles. The zero-order valence-electron chi connectivity index (χ0n) is 15.6. The van der Waals surface area contributed by atoms with Crippen LogP contribution in [0.15, 0.2) is 34.9 Å². The topological polar surface area (TPSA) is 71.8 Å². The number of benzene rings is 1. The number of ether oxygens (including phenoxy) is 1. The van der Waals surface area contributed by atoms with Crippen molar-refractivity contribution in [3.63, 3.8) is 0 Å². The van der Waals surface area contributed by atoms with Crippen molar-refractivity contribution in [3.05, 3.63) is 36.1 Å². The maximum Gasteiger partial charge on any atom is 0.410 e. The second-order valence-corrected chi connectivity index (χ2v) is 7.76. The summed E-state index contributed by atoms with van der Waals surface area (Å²) in [7, 11) is 0. The van der Waals surface area contributed by atoms with Gasteiger partial charge in [0.25, 0.3) is 0 Å². The van der Waals surface area contributed by atoms with E-state index in [2.05, 4.69) is 5.32 Å². The molecule has 2 heterocycles. The van der Waals surface area contributed by atoms with Gasteiger partial charge in [-0.05, 0) is 51.3 Å². The van der Waals surface area contributed by atoms with Crippen molar-refractivity contribution in [1.82, 2.24) is 10.2 Å². The lowest BCUT2D eigenvalue weighted by Crippen LogP contribution is -2.51. The molecule has 1 aliphatic heterocycles. The fourth-order valence-corrected chi connectivity index (χ4v) is 3.25. The summed E-state index contributed by atoms with van der Waals surface area (Å²) in [5.41, 5.74) is 1.20. The second-order valence-electron chi connectivity index (χ2n) is 7.76. The fourth-order valence-electron chi connectivity index (χ4n) is 3.25. The summed E-state index contributed by atoms with van der Waals surface area (Å²) in [5.74, 6) is -0.0465. The van der Waals surface area contributed by atoms with Crippen LogP contribution in [0.2, 0.25) is 0 Å². The summed E-state index contributed by atoms with van der Waals surface area (Å²) < 4.78 is 10.8. The van der Waals surface area contributed by atoms with Crippen molar-refractivity contribution in [1.29, 1.82) is 0 Å². The van der Waals surface area contributed by atoms with E-state index in [0.29, 0.717) is 19.5 Å². The average molecular weight is 358 g/mol. The van der Waals surface area contributed by atoms with Gasteiger partial charge in [-0.2, -0.15) is 0 Å². The molecule has 2 aromatic rings. The number of furan rings is 1. The quantitative estimate of drug-likeness (QED) is 0.912. The molecule has 1 atom stereocenters. The molecule has 1 aromatic carbocycles. The predicted octanol–water partition coefficient (Wildman–Crippen LogP) is 3.49. The molecule has 0 spiro atoms. The average Bonchev–Trinajstić information content (AvgIpc) is 3.03. The Balaban J connectivity index is 1.57. The van der Waals surface area contributed by atoms with E-state index >= 15 is 0 Å². The van der Waals surface area contributed by atoms with Gasteiger partial charge in [0.15, 0.2) is 0 Å². The van der Waals surface area contributed by atoms with Gasteiger partial charge in [-0.25, -0.2) is 4.79 Å². The Bertz CT molecular complexity index is 790. The molecule has 1 fully saturated rings. The van der Waals surface area contributed by atoms with Crippen LogP contribution in [0.25, 0.3) is 11.0 Å². The first-order chi connectivity index (χ1) is 12.3. The van der Waals surface area contributed by atoms with Crippen molar-refractivity contribution in [3.8, 4) is 0 Å². The lowest BCUT2D eigenvalue weighted by Gasteiger charge is -2.34. The van der Waals surface area contributed by atoms with Gasteiger partial charge in [-0.15, -0.1) is 0 Å². The van der Waals surface area contributed by atoms with Crippen molar-refractivity contribution in [2.75, 3.05) is 13.1 Å². The van der Waals surface area contributed by atoms with Crippen LogP contribution < -0.4 is 5.32 Å². The predicted molar refractivity (Wildman–Crippen MR) is 98.9 cm³/mol. The monoisotopic (exact) mass is 358 g/mol. The molecule has 2 amide bonds. The molecule has 0 aliphatic carbocycles. The van der Waals surface area contributed by atoms with Crippen molar-refractivity contribution >= 4 is 23.0 Å². The maximum atomic E-state index is 12.5. The minimum absolute atomic E-state index is 0.0465. The number of amides is 2. The van der Waals surface area contributed by atoms with Crippen LogP contribution >= 0.6 is 0 Å². The third-order valence-electron chi connectivity index (χ3n) is 4.38. The molecule has 1 aliphatic rings. The van der Waals surface area contributed by atoms with E-state index in [1.807, 2.05) is 45.0 Å². The van der Waals surface area contributed by atoms with Crippen LogP contribution in [0.3, 0.4) is 0 Å². The Labute approximate surface area is 153 Å². The minimum atomic E-state index is -0.517. The van der Waals surface area contributed by atoms with Crippen LogP contribution in [0.1, 0.15) is 39.2 Å². The molecular formula is C20H26N2O4. The molecule has 140 valence electrons. The SMILES string of the molecule is CC(C)(C)OC(=O)N1CCCC(NC(=O)Cc2cccc3occc23)C1. The van der Waals surface area contributed by atoms with Crippen molar-refractivity contribution in [2.45, 2.75) is 51.7 Å². The van der Waals surface area contributed by atoms with Gasteiger partial charge in [0.05, 0.1) is 12.7 Å². The van der Waals surface area contributed by atoms with Gasteiger partial charge in [-0.1, -0.05) is 12.1 Å². The number of hydrogen-bond donors (Lipinski definition) is 1. The molecule has 0 bridgehead atoms. The number of carbonyl (C=O) groups excluding carboxylic acids is 2. The zero-order chi connectivity index (χ0) is 18.7. The van der Waals surface area contributed by atoms with E-state index in [1.54, 1.807) is 11.2 Å². The van der Waals surface area contributed by atoms with Crippen LogP contribution in [0.4, 0.5) is 4.79 Å². The highest BCUT2D eigenvalue weighted by atomic mass is 16.6. The Morgan fingerprint density at radius 2 is 2.12 bits per heavy atom. The molecule has 0 saturated carbocycles. The smallest absolute Gasteiger partial charge is 0.410 e. The number of fused-ring (bicyclic) bond motifs is 1. The van der Waals surface area contributed by atoms with Crippen LogP contribution in [0.5, 0.6) is 0 Å². The number of rotatable bonds is 3. The van der Waals surface area contributed by atoms with Crippen LogP contribution in [0, 0.1) is 0 Å². The summed E-state index contributed by atoms with van der Waals surface area (Å²) in [4.78, 5) is 26.4. The van der Waals surface area contributed by atoms with Gasteiger partial charge in [-0.3, -0.25) is 4.79 Å². The van der Waals surface area contributed by atoms with E-state index in [0.717, 1.165) is 29.4 Å². The van der Waals surface area contributed by atoms with Gasteiger partial charge in [0.1, 0.15) is 11.2 Å². The third-order valence-corrected chi connectivity index (χ3v) is 4.38. The zero-order valence-corrected chi connectivity index (χ0v) is 15.6. The van der Waals surface area contributed by atoms with Gasteiger partial charge < -0.3 is 19.4 Å². The number of likely N-dealkylation sites (tertiary alicyclic amines) is 1. The van der Waals surface area contributed by atoms with Crippen LogP contribution in [-0.2, 0) is 16.0 Å². The van der Waals surface area contributed by atoms with E-state index < -0.39 is 5.60 Å². The maximum absolute atomic E-state index is 12.5. The lowest BCUT2D eigenvalue weighted by molar-refractivity contribution is -0.121. The molecule has 1 unspecified atom stereocenters. The molecule has 1 N–H and O–H groups in total. The highest BCUT2D eigenvalue weighted by molar-refractivity contribution is 5.87. The number of hydrogen-bond acceptors (Lipinski definition) is 4. The molecule has 1 saturated heterocycles. The number of nitrogens with one attached hydrogen (secondary N) is 1. The minimum Gasteiger partial charge on any atom is -0.464 e. The van der Waals surface area contributed by atoms with Gasteiger partial charge in [0.2, 0.25) is 5.91 Å². The highest BCUT2D eigenvalue weighted by Crippen LogP contribution is 2.20. The molecule has 3 rings (SSSR count). The lowest BCUT2D eigenvalue weighted by atomic mass is 10.0. The number of carbonyl (C=O) groups is 2. The standard InChI is InChI=1S/C20H26N2O4/c1-20(2,3)26-19(24)22-10-5-7-15(13-22)21-18(23)12-14-6-4-8-17-16(14)9-11-25-17/h4,6,8-9,11,15H,5,7,10,12-13H2,1-3H3,(H,21,23). The third kappa shape index (κ3) is 4.56. The van der Waals surface area contributed by atoms with Gasteiger partial charge >= 0.3 is 6.09 Å². The van der Waals surface area contributed by atoms with Crippen molar-refractivity contribution in [2.24, 2.45) is 0 Å². The molecule has 6 nitrogen and oxygen atoms in total. The summed E-state index contributed by atoms with van der Waals surface area (Å²) >= 11 is 0. The van der Waals surface area contributed by atoms with Gasteiger partial charge in [0, 0.05) is 24.5 Å². The summed E-state index contributed by atoms with van der Waals surface area (Å²) in [6.07, 6.45) is 3.31. The Morgan fingerprint density at radius 1 is 1.31 bits per heavy atom. The summed E-state index contributed by atoms with van der Waals surface area (Å²) in [5, 5.41) is 4.01. The Kier molecular flexibility index (Phi) is 5.20. The molecule has 0 radical (unpaired) electrons. The first-order valence-electron chi connectivity index (χ1n) is 9.04. The molecule has 26 heavy (non-hydrogen) atoms. The van der Waals surface area contributed by atoms with E-state index in [4.69, 9.17) is 9.15 Å². The normalized spacial score (nSPS) is 18.0. The first kappa shape index (κ1) is 18.3.